The van der Waals surface area contributed by atoms with Crippen molar-refractivity contribution in [3.63, 3.8) is 0 Å². The third-order valence-electron chi connectivity index (χ3n) is 7.98. The molecule has 2 N–H and O–H groups in total. The lowest BCUT2D eigenvalue weighted by atomic mass is 9.59. The van der Waals surface area contributed by atoms with E-state index in [2.05, 4.69) is 5.32 Å². The molecule has 3 atom stereocenters. The van der Waals surface area contributed by atoms with Crippen molar-refractivity contribution < 1.29 is 23.9 Å². The highest BCUT2D eigenvalue weighted by atomic mass is 35.5. The molecule has 184 valence electrons. The van der Waals surface area contributed by atoms with Gasteiger partial charge in [0.25, 0.3) is 5.91 Å². The van der Waals surface area contributed by atoms with Gasteiger partial charge in [0.1, 0.15) is 5.82 Å². The number of nitrogens with one attached hydrogen (secondary N) is 1. The smallest absolute Gasteiger partial charge is 0.303 e. The molecule has 0 spiro atoms. The molecule has 0 radical (unpaired) electrons. The summed E-state index contributed by atoms with van der Waals surface area (Å²) in [5.41, 5.74) is 1.68. The van der Waals surface area contributed by atoms with Gasteiger partial charge in [-0.2, -0.15) is 0 Å². The largest absolute Gasteiger partial charge is 0.481 e. The Labute approximate surface area is 208 Å². The number of carboxylic acid groups (broad SMARTS) is 1. The summed E-state index contributed by atoms with van der Waals surface area (Å²) < 4.78 is 13.5. The molecule has 2 saturated carbocycles. The van der Waals surface area contributed by atoms with Crippen LogP contribution in [-0.4, -0.2) is 34.5 Å². The number of anilines is 1. The summed E-state index contributed by atoms with van der Waals surface area (Å²) in [4.78, 5) is 39.3. The molecule has 0 bridgehead atoms. The van der Waals surface area contributed by atoms with E-state index in [4.69, 9.17) is 16.7 Å². The summed E-state index contributed by atoms with van der Waals surface area (Å²) in [7, 11) is 0. The number of aliphatic carboxylic acids is 1. The fraction of sp³-hybridized carbons (Fsp3) is 0.444. The van der Waals surface area contributed by atoms with Gasteiger partial charge in [-0.25, -0.2) is 4.39 Å². The van der Waals surface area contributed by atoms with E-state index < -0.39 is 17.3 Å². The first-order chi connectivity index (χ1) is 16.8. The van der Waals surface area contributed by atoms with Crippen LogP contribution in [0.4, 0.5) is 10.1 Å². The molecule has 0 aromatic heterocycles. The van der Waals surface area contributed by atoms with Gasteiger partial charge in [-0.05, 0) is 80.0 Å². The maximum atomic E-state index is 13.7. The number of fused-ring (bicyclic) bond motifs is 2. The van der Waals surface area contributed by atoms with E-state index in [-0.39, 0.29) is 42.5 Å². The van der Waals surface area contributed by atoms with Gasteiger partial charge >= 0.3 is 5.97 Å². The Morgan fingerprint density at radius 2 is 1.80 bits per heavy atom. The van der Waals surface area contributed by atoms with Crippen LogP contribution in [0.2, 0.25) is 5.02 Å². The minimum atomic E-state index is -0.994. The Balaban J connectivity index is 1.55. The standard InChI is InChI=1S/C27H28ClFN2O4/c28-17-7-10-20-22(15-17)31(26(35)16-5-8-18(29)9-6-16)21-4-1-3-19(21)25(20)27(13-2-14-27)30-23(32)11-12-24(33)34/h5-10,15,19,21,25H,1-4,11-14H2,(H,30,32)(H,33,34). The molecule has 35 heavy (non-hydrogen) atoms. The lowest BCUT2D eigenvalue weighted by Gasteiger charge is -2.55. The predicted octanol–water partition coefficient (Wildman–Crippen LogP) is 5.30. The zero-order chi connectivity index (χ0) is 24.7. The monoisotopic (exact) mass is 498 g/mol. The number of nitrogens with zero attached hydrogens (tertiary/aromatic N) is 1. The van der Waals surface area contributed by atoms with Gasteiger partial charge in [0, 0.05) is 40.2 Å². The first-order valence-corrected chi connectivity index (χ1v) is 12.6. The Kier molecular flexibility index (Phi) is 6.30. The highest BCUT2D eigenvalue weighted by Crippen LogP contribution is 2.58. The molecule has 1 aliphatic heterocycles. The first kappa shape index (κ1) is 23.8. The lowest BCUT2D eigenvalue weighted by molar-refractivity contribution is -0.139. The predicted molar refractivity (Wildman–Crippen MR) is 130 cm³/mol. The molecule has 5 rings (SSSR count). The number of hydrogen-bond donors (Lipinski definition) is 2. The third-order valence-corrected chi connectivity index (χ3v) is 8.22. The van der Waals surface area contributed by atoms with Crippen molar-refractivity contribution in [2.45, 2.75) is 68.9 Å². The Morgan fingerprint density at radius 3 is 2.46 bits per heavy atom. The average molecular weight is 499 g/mol. The van der Waals surface area contributed by atoms with Gasteiger partial charge in [0.15, 0.2) is 0 Å². The molecule has 0 saturated heterocycles. The maximum absolute atomic E-state index is 13.7. The number of carbonyl (C=O) groups excluding carboxylic acids is 2. The van der Waals surface area contributed by atoms with E-state index in [1.54, 1.807) is 0 Å². The summed E-state index contributed by atoms with van der Waals surface area (Å²) in [5.74, 6) is -1.67. The molecule has 3 aliphatic rings. The second-order valence-corrected chi connectivity index (χ2v) is 10.4. The topological polar surface area (TPSA) is 86.7 Å². The van der Waals surface area contributed by atoms with Gasteiger partial charge in [-0.1, -0.05) is 24.1 Å². The van der Waals surface area contributed by atoms with E-state index in [1.165, 1.54) is 24.3 Å². The van der Waals surface area contributed by atoms with Crippen LogP contribution in [0, 0.1) is 11.7 Å². The summed E-state index contributed by atoms with van der Waals surface area (Å²) in [6.07, 6.45) is 5.07. The van der Waals surface area contributed by atoms with Crippen LogP contribution in [0.5, 0.6) is 0 Å². The zero-order valence-corrected chi connectivity index (χ0v) is 20.1. The summed E-state index contributed by atoms with van der Waals surface area (Å²) in [6.45, 7) is 0. The van der Waals surface area contributed by atoms with E-state index in [0.29, 0.717) is 10.6 Å². The van der Waals surface area contributed by atoms with Crippen molar-refractivity contribution in [2.24, 2.45) is 5.92 Å². The van der Waals surface area contributed by atoms with E-state index in [9.17, 15) is 18.8 Å². The molecule has 2 aliphatic carbocycles. The van der Waals surface area contributed by atoms with Crippen LogP contribution in [0.3, 0.4) is 0 Å². The molecule has 6 nitrogen and oxygen atoms in total. The minimum absolute atomic E-state index is 0.00191. The minimum Gasteiger partial charge on any atom is -0.481 e. The van der Waals surface area contributed by atoms with Crippen LogP contribution in [0.1, 0.15) is 73.2 Å². The second-order valence-electron chi connectivity index (χ2n) is 9.98. The van der Waals surface area contributed by atoms with Crippen molar-refractivity contribution in [1.29, 1.82) is 0 Å². The second kappa shape index (κ2) is 9.26. The molecular weight excluding hydrogens is 471 g/mol. The van der Waals surface area contributed by atoms with Crippen molar-refractivity contribution >= 4 is 35.1 Å². The van der Waals surface area contributed by atoms with Gasteiger partial charge in [0.05, 0.1) is 6.42 Å². The summed E-state index contributed by atoms with van der Waals surface area (Å²) in [6, 6.07) is 11.1. The maximum Gasteiger partial charge on any atom is 0.303 e. The molecule has 1 heterocycles. The normalized spacial score (nSPS) is 24.2. The number of halogens is 2. The Morgan fingerprint density at radius 1 is 1.06 bits per heavy atom. The third kappa shape index (κ3) is 4.31. The van der Waals surface area contributed by atoms with E-state index in [1.807, 2.05) is 23.1 Å². The van der Waals surface area contributed by atoms with Crippen molar-refractivity contribution in [3.05, 3.63) is 64.4 Å². The molecule has 2 aromatic rings. The fourth-order valence-corrected chi connectivity index (χ4v) is 6.57. The van der Waals surface area contributed by atoms with Gasteiger partial charge in [-0.15, -0.1) is 0 Å². The lowest BCUT2D eigenvalue weighted by Crippen LogP contribution is -2.62. The molecule has 3 unspecified atom stereocenters. The van der Waals surface area contributed by atoms with Crippen LogP contribution >= 0.6 is 11.6 Å². The van der Waals surface area contributed by atoms with Gasteiger partial charge < -0.3 is 15.3 Å². The van der Waals surface area contributed by atoms with Crippen molar-refractivity contribution in [2.75, 3.05) is 4.90 Å². The molecular formula is C27H28ClFN2O4. The Hall–Kier alpha value is -2.93. The van der Waals surface area contributed by atoms with Gasteiger partial charge in [-0.3, -0.25) is 14.4 Å². The Bertz CT molecular complexity index is 1160. The van der Waals surface area contributed by atoms with Gasteiger partial charge in [0.2, 0.25) is 5.91 Å². The fourth-order valence-electron chi connectivity index (χ4n) is 6.41. The van der Waals surface area contributed by atoms with Crippen molar-refractivity contribution in [1.82, 2.24) is 5.32 Å². The highest BCUT2D eigenvalue weighted by Gasteiger charge is 2.56. The zero-order valence-electron chi connectivity index (χ0n) is 19.3. The average Bonchev–Trinajstić information content (AvgIpc) is 3.28. The summed E-state index contributed by atoms with van der Waals surface area (Å²) in [5, 5.41) is 12.7. The summed E-state index contributed by atoms with van der Waals surface area (Å²) >= 11 is 6.41. The number of carbonyl (C=O) groups is 3. The van der Waals surface area contributed by atoms with Crippen LogP contribution in [-0.2, 0) is 9.59 Å². The van der Waals surface area contributed by atoms with Crippen LogP contribution in [0.25, 0.3) is 0 Å². The van der Waals surface area contributed by atoms with E-state index in [0.717, 1.165) is 49.8 Å². The molecule has 2 aromatic carbocycles. The highest BCUT2D eigenvalue weighted by molar-refractivity contribution is 6.31. The molecule has 2 amide bonds. The first-order valence-electron chi connectivity index (χ1n) is 12.2. The number of amides is 2. The van der Waals surface area contributed by atoms with Crippen LogP contribution in [0.15, 0.2) is 42.5 Å². The number of carboxylic acids is 1. The van der Waals surface area contributed by atoms with Crippen molar-refractivity contribution in [3.8, 4) is 0 Å². The number of benzene rings is 2. The quantitative estimate of drug-likeness (QED) is 0.566. The molecule has 8 heteroatoms. The van der Waals surface area contributed by atoms with E-state index >= 15 is 0 Å². The SMILES string of the molecule is O=C(O)CCC(=O)NC1(C2c3ccc(Cl)cc3N(C(=O)c3ccc(F)cc3)C3CCCC32)CCC1. The molecule has 2 fully saturated rings. The number of rotatable bonds is 6. The van der Waals surface area contributed by atoms with Crippen LogP contribution < -0.4 is 10.2 Å². The number of hydrogen-bond acceptors (Lipinski definition) is 3.